The van der Waals surface area contributed by atoms with Gasteiger partial charge in [-0.1, -0.05) is 24.3 Å². The van der Waals surface area contributed by atoms with Crippen LogP contribution in [0, 0.1) is 5.82 Å². The summed E-state index contributed by atoms with van der Waals surface area (Å²) in [4.78, 5) is 0. The first-order valence-electron chi connectivity index (χ1n) is 4.54. The first-order chi connectivity index (χ1) is 7.38. The zero-order valence-electron chi connectivity index (χ0n) is 8.42. The summed E-state index contributed by atoms with van der Waals surface area (Å²) >= 11 is 0. The Morgan fingerprint density at radius 2 is 1.94 bits per heavy atom. The molecule has 88 valence electrons. The molecule has 0 radical (unpaired) electrons. The van der Waals surface area contributed by atoms with Crippen LogP contribution in [-0.2, 0) is 6.18 Å². The van der Waals surface area contributed by atoms with E-state index in [1.807, 2.05) is 0 Å². The van der Waals surface area contributed by atoms with E-state index in [0.29, 0.717) is 6.07 Å². The number of hydrogen-bond acceptors (Lipinski definition) is 1. The van der Waals surface area contributed by atoms with Gasteiger partial charge in [0.25, 0.3) is 0 Å². The van der Waals surface area contributed by atoms with E-state index in [-0.39, 0.29) is 5.56 Å². The van der Waals surface area contributed by atoms with Crippen molar-refractivity contribution in [3.63, 3.8) is 0 Å². The molecule has 5 heteroatoms. The molecule has 0 bridgehead atoms. The summed E-state index contributed by atoms with van der Waals surface area (Å²) in [5.74, 6) is -1.43. The van der Waals surface area contributed by atoms with Gasteiger partial charge in [0.15, 0.2) is 0 Å². The third-order valence-electron chi connectivity index (χ3n) is 2.03. The Morgan fingerprint density at radius 3 is 2.44 bits per heavy atom. The highest BCUT2D eigenvalue weighted by Crippen LogP contribution is 2.33. The third-order valence-corrected chi connectivity index (χ3v) is 2.03. The van der Waals surface area contributed by atoms with Crippen molar-refractivity contribution >= 4 is 0 Å². The number of hydrogen-bond donors (Lipinski definition) is 1. The summed E-state index contributed by atoms with van der Waals surface area (Å²) in [6.07, 6.45) is -3.48. The molecule has 16 heavy (non-hydrogen) atoms. The van der Waals surface area contributed by atoms with Gasteiger partial charge in [-0.15, -0.1) is 0 Å². The number of aliphatic hydroxyl groups excluding tert-OH is 1. The molecule has 1 N–H and O–H groups in total. The highest BCUT2D eigenvalue weighted by Gasteiger charge is 2.35. The van der Waals surface area contributed by atoms with Crippen molar-refractivity contribution in [3.05, 3.63) is 47.3 Å². The van der Waals surface area contributed by atoms with Crippen molar-refractivity contribution < 1.29 is 22.7 Å². The fraction of sp³-hybridized carbons (Fsp3) is 0.273. The van der Waals surface area contributed by atoms with Crippen LogP contribution in [0.2, 0.25) is 0 Å². The second-order valence-corrected chi connectivity index (χ2v) is 3.18. The Kier molecular flexibility index (Phi) is 3.70. The Bertz CT molecular complexity index is 395. The van der Waals surface area contributed by atoms with Crippen LogP contribution >= 0.6 is 0 Å². The maximum absolute atomic E-state index is 13.4. The Hall–Kier alpha value is -1.36. The molecule has 0 aliphatic rings. The molecule has 0 amide bonds. The number of halogens is 4. The highest BCUT2D eigenvalue weighted by molar-refractivity contribution is 5.31. The Morgan fingerprint density at radius 1 is 1.31 bits per heavy atom. The molecular weight excluding hydrogens is 224 g/mol. The lowest BCUT2D eigenvalue weighted by atomic mass is 10.0. The standard InChI is InChI=1S/C11H10F4O/c1-2-4-9(16)7-5-3-6-8(10(7)12)11(13,14)15/h2-6,9,16H,1H3/b4-2+. The molecule has 1 rings (SSSR count). The average Bonchev–Trinajstić information content (AvgIpc) is 2.16. The molecule has 1 aromatic rings. The van der Waals surface area contributed by atoms with Gasteiger partial charge in [0.1, 0.15) is 5.82 Å². The minimum atomic E-state index is -4.75. The summed E-state index contributed by atoms with van der Waals surface area (Å²) in [7, 11) is 0. The summed E-state index contributed by atoms with van der Waals surface area (Å²) in [6.45, 7) is 1.58. The molecule has 0 fully saturated rings. The molecule has 0 heterocycles. The van der Waals surface area contributed by atoms with Gasteiger partial charge in [0.05, 0.1) is 11.7 Å². The number of rotatable bonds is 2. The second kappa shape index (κ2) is 4.65. The molecule has 1 aromatic carbocycles. The number of allylic oxidation sites excluding steroid dienone is 1. The van der Waals surface area contributed by atoms with Crippen molar-refractivity contribution in [3.8, 4) is 0 Å². The molecule has 0 aliphatic heterocycles. The molecule has 1 unspecified atom stereocenters. The third kappa shape index (κ3) is 2.61. The van der Waals surface area contributed by atoms with Crippen molar-refractivity contribution in [2.45, 2.75) is 19.2 Å². The first-order valence-corrected chi connectivity index (χ1v) is 4.54. The van der Waals surface area contributed by atoms with Crippen LogP contribution in [0.3, 0.4) is 0 Å². The fourth-order valence-electron chi connectivity index (χ4n) is 1.28. The quantitative estimate of drug-likeness (QED) is 0.613. The van der Waals surface area contributed by atoms with E-state index in [1.54, 1.807) is 6.92 Å². The molecule has 0 aliphatic carbocycles. The second-order valence-electron chi connectivity index (χ2n) is 3.18. The van der Waals surface area contributed by atoms with Crippen LogP contribution < -0.4 is 0 Å². The molecule has 0 saturated heterocycles. The van der Waals surface area contributed by atoms with Gasteiger partial charge in [-0.3, -0.25) is 0 Å². The van der Waals surface area contributed by atoms with Crippen LogP contribution in [0.4, 0.5) is 17.6 Å². The molecule has 0 aromatic heterocycles. The van der Waals surface area contributed by atoms with Crippen LogP contribution in [0.15, 0.2) is 30.4 Å². The van der Waals surface area contributed by atoms with Crippen LogP contribution in [0.1, 0.15) is 24.2 Å². The summed E-state index contributed by atoms with van der Waals surface area (Å²) in [6, 6.07) is 2.82. The lowest BCUT2D eigenvalue weighted by molar-refractivity contribution is -0.140. The zero-order valence-corrected chi connectivity index (χ0v) is 8.42. The number of benzene rings is 1. The normalized spacial score (nSPS) is 14.4. The predicted octanol–water partition coefficient (Wildman–Crippen LogP) is 3.45. The van der Waals surface area contributed by atoms with Crippen molar-refractivity contribution in [2.75, 3.05) is 0 Å². The van der Waals surface area contributed by atoms with Crippen molar-refractivity contribution in [1.29, 1.82) is 0 Å². The maximum atomic E-state index is 13.4. The molecule has 1 nitrogen and oxygen atoms in total. The van der Waals surface area contributed by atoms with Crippen LogP contribution in [-0.4, -0.2) is 5.11 Å². The van der Waals surface area contributed by atoms with Crippen molar-refractivity contribution in [2.24, 2.45) is 0 Å². The van der Waals surface area contributed by atoms with E-state index >= 15 is 0 Å². The van der Waals surface area contributed by atoms with Gasteiger partial charge in [-0.2, -0.15) is 13.2 Å². The molecule has 0 saturated carbocycles. The summed E-state index contributed by atoms with van der Waals surface area (Å²) in [5.41, 5.74) is -1.75. The average molecular weight is 234 g/mol. The fourth-order valence-corrected chi connectivity index (χ4v) is 1.28. The van der Waals surface area contributed by atoms with E-state index in [0.717, 1.165) is 12.1 Å². The van der Waals surface area contributed by atoms with Gasteiger partial charge in [0, 0.05) is 5.56 Å². The van der Waals surface area contributed by atoms with E-state index in [2.05, 4.69) is 0 Å². The van der Waals surface area contributed by atoms with E-state index in [9.17, 15) is 22.7 Å². The predicted molar refractivity (Wildman–Crippen MR) is 51.2 cm³/mol. The lowest BCUT2D eigenvalue weighted by Crippen LogP contribution is -2.11. The summed E-state index contributed by atoms with van der Waals surface area (Å²) in [5, 5.41) is 9.40. The topological polar surface area (TPSA) is 20.2 Å². The molecule has 0 spiro atoms. The first kappa shape index (κ1) is 12.7. The van der Waals surface area contributed by atoms with Gasteiger partial charge < -0.3 is 5.11 Å². The maximum Gasteiger partial charge on any atom is 0.419 e. The van der Waals surface area contributed by atoms with E-state index in [4.69, 9.17) is 0 Å². The van der Waals surface area contributed by atoms with Crippen molar-refractivity contribution in [1.82, 2.24) is 0 Å². The Labute approximate surface area is 90.0 Å². The molecular formula is C11H10F4O. The minimum absolute atomic E-state index is 0.382. The van der Waals surface area contributed by atoms with Gasteiger partial charge in [-0.05, 0) is 13.0 Å². The van der Waals surface area contributed by atoms with Crippen LogP contribution in [0.25, 0.3) is 0 Å². The minimum Gasteiger partial charge on any atom is -0.384 e. The molecule has 1 atom stereocenters. The monoisotopic (exact) mass is 234 g/mol. The summed E-state index contributed by atoms with van der Waals surface area (Å²) < 4.78 is 50.4. The lowest BCUT2D eigenvalue weighted by Gasteiger charge is -2.13. The smallest absolute Gasteiger partial charge is 0.384 e. The van der Waals surface area contributed by atoms with E-state index < -0.39 is 23.7 Å². The number of aliphatic hydroxyl groups is 1. The number of alkyl halides is 3. The Balaban J connectivity index is 3.24. The van der Waals surface area contributed by atoms with Gasteiger partial charge in [0.2, 0.25) is 0 Å². The van der Waals surface area contributed by atoms with Gasteiger partial charge in [-0.25, -0.2) is 4.39 Å². The zero-order chi connectivity index (χ0) is 12.3. The van der Waals surface area contributed by atoms with Crippen LogP contribution in [0.5, 0.6) is 0 Å². The highest BCUT2D eigenvalue weighted by atomic mass is 19.4. The largest absolute Gasteiger partial charge is 0.419 e. The SMILES string of the molecule is C/C=C/C(O)c1cccc(C(F)(F)F)c1F. The van der Waals surface area contributed by atoms with E-state index in [1.165, 1.54) is 12.2 Å². The van der Waals surface area contributed by atoms with Gasteiger partial charge >= 0.3 is 6.18 Å².